The van der Waals surface area contributed by atoms with E-state index < -0.39 is 0 Å². The molecule has 0 bridgehead atoms. The van der Waals surface area contributed by atoms with Gasteiger partial charge in [-0.25, -0.2) is 4.98 Å². The third-order valence-corrected chi connectivity index (χ3v) is 2.37. The molecule has 2 aromatic heterocycles. The van der Waals surface area contributed by atoms with Gasteiger partial charge in [-0.3, -0.25) is 4.98 Å². The summed E-state index contributed by atoms with van der Waals surface area (Å²) in [5, 5.41) is 3.37. The first-order valence-corrected chi connectivity index (χ1v) is 5.49. The molecule has 0 spiro atoms. The van der Waals surface area contributed by atoms with Gasteiger partial charge in [0, 0.05) is 42.9 Å². The van der Waals surface area contributed by atoms with E-state index in [1.54, 1.807) is 6.20 Å². The molecule has 0 atom stereocenters. The molecule has 4 heteroatoms. The van der Waals surface area contributed by atoms with Gasteiger partial charge in [-0.1, -0.05) is 0 Å². The summed E-state index contributed by atoms with van der Waals surface area (Å²) in [6.45, 7) is 2.94. The molecule has 4 nitrogen and oxygen atoms in total. The highest BCUT2D eigenvalue weighted by Gasteiger charge is 1.95. The molecule has 0 amide bonds. The first kappa shape index (κ1) is 10.7. The van der Waals surface area contributed by atoms with Gasteiger partial charge in [-0.15, -0.1) is 0 Å². The summed E-state index contributed by atoms with van der Waals surface area (Å²) >= 11 is 0. The van der Waals surface area contributed by atoms with Gasteiger partial charge < -0.3 is 10.3 Å². The molecule has 0 aliphatic rings. The Labute approximate surface area is 95.1 Å². The molecule has 2 aromatic rings. The zero-order chi connectivity index (χ0) is 11.2. The zero-order valence-corrected chi connectivity index (χ0v) is 9.40. The Morgan fingerprint density at radius 3 is 3.00 bits per heavy atom. The number of pyridine rings is 1. The quantitative estimate of drug-likeness (QED) is 0.753. The van der Waals surface area contributed by atoms with E-state index in [4.69, 9.17) is 0 Å². The average molecular weight is 216 g/mol. The van der Waals surface area contributed by atoms with Crippen LogP contribution in [-0.2, 0) is 6.42 Å². The van der Waals surface area contributed by atoms with E-state index in [-0.39, 0.29) is 0 Å². The summed E-state index contributed by atoms with van der Waals surface area (Å²) in [5.74, 6) is 1.05. The Hall–Kier alpha value is -1.84. The number of aromatic amines is 1. The number of nitrogens with one attached hydrogen (secondary N) is 2. The first-order valence-electron chi connectivity index (χ1n) is 5.49. The molecule has 0 saturated carbocycles. The van der Waals surface area contributed by atoms with Crippen LogP contribution in [0.4, 0.5) is 5.69 Å². The van der Waals surface area contributed by atoms with Crippen molar-refractivity contribution in [3.8, 4) is 0 Å². The lowest BCUT2D eigenvalue weighted by molar-refractivity contribution is 0.816. The van der Waals surface area contributed by atoms with E-state index in [0.717, 1.165) is 36.6 Å². The number of H-pyrrole nitrogens is 1. The highest BCUT2D eigenvalue weighted by Crippen LogP contribution is 2.07. The van der Waals surface area contributed by atoms with Crippen molar-refractivity contribution in [1.82, 2.24) is 15.0 Å². The minimum absolute atomic E-state index is 0.949. The maximum atomic E-state index is 4.18. The SMILES string of the molecule is Cc1cc(NCCCc2ncc[nH]2)ccn1. The molecule has 2 heterocycles. The number of imidazole rings is 1. The van der Waals surface area contributed by atoms with Gasteiger partial charge in [0.25, 0.3) is 0 Å². The minimum atomic E-state index is 0.949. The number of aryl methyl sites for hydroxylation is 2. The number of hydrogen-bond donors (Lipinski definition) is 2. The van der Waals surface area contributed by atoms with Gasteiger partial charge in [-0.2, -0.15) is 0 Å². The van der Waals surface area contributed by atoms with Crippen molar-refractivity contribution < 1.29 is 0 Å². The van der Waals surface area contributed by atoms with Crippen LogP contribution in [0.3, 0.4) is 0 Å². The van der Waals surface area contributed by atoms with Crippen molar-refractivity contribution in [3.63, 3.8) is 0 Å². The Bertz CT molecular complexity index is 422. The summed E-state index contributed by atoms with van der Waals surface area (Å²) in [4.78, 5) is 11.4. The number of rotatable bonds is 5. The maximum absolute atomic E-state index is 4.18. The van der Waals surface area contributed by atoms with Crippen molar-refractivity contribution in [2.75, 3.05) is 11.9 Å². The fourth-order valence-corrected chi connectivity index (χ4v) is 1.58. The summed E-state index contributed by atoms with van der Waals surface area (Å²) in [6, 6.07) is 4.03. The maximum Gasteiger partial charge on any atom is 0.106 e. The number of aromatic nitrogens is 3. The van der Waals surface area contributed by atoms with Crippen LogP contribution in [0, 0.1) is 6.92 Å². The smallest absolute Gasteiger partial charge is 0.106 e. The molecule has 0 saturated heterocycles. The predicted molar refractivity (Wildman–Crippen MR) is 64.4 cm³/mol. The number of hydrogen-bond acceptors (Lipinski definition) is 3. The van der Waals surface area contributed by atoms with E-state index in [0.29, 0.717) is 0 Å². The molecular weight excluding hydrogens is 200 g/mol. The van der Waals surface area contributed by atoms with Gasteiger partial charge in [0.15, 0.2) is 0 Å². The Morgan fingerprint density at radius 1 is 1.31 bits per heavy atom. The molecule has 0 unspecified atom stereocenters. The van der Waals surface area contributed by atoms with Crippen LogP contribution < -0.4 is 5.32 Å². The monoisotopic (exact) mass is 216 g/mol. The number of nitrogens with zero attached hydrogens (tertiary/aromatic N) is 2. The van der Waals surface area contributed by atoms with Gasteiger partial charge in [0.05, 0.1) is 0 Å². The fourth-order valence-electron chi connectivity index (χ4n) is 1.58. The van der Waals surface area contributed by atoms with E-state index in [2.05, 4.69) is 20.3 Å². The third kappa shape index (κ3) is 3.08. The van der Waals surface area contributed by atoms with Crippen LogP contribution in [0.25, 0.3) is 0 Å². The average Bonchev–Trinajstić information content (AvgIpc) is 2.77. The van der Waals surface area contributed by atoms with E-state index >= 15 is 0 Å². The lowest BCUT2D eigenvalue weighted by Crippen LogP contribution is -2.03. The standard InChI is InChI=1S/C12H16N4/c1-10-9-11(4-6-13-10)14-5-2-3-12-15-7-8-16-12/h4,6-9H,2-3,5H2,1H3,(H,13,14)(H,15,16). The second-order valence-electron chi connectivity index (χ2n) is 3.75. The molecule has 0 radical (unpaired) electrons. The van der Waals surface area contributed by atoms with E-state index in [9.17, 15) is 0 Å². The van der Waals surface area contributed by atoms with Gasteiger partial charge in [0.2, 0.25) is 0 Å². The molecule has 0 fully saturated rings. The summed E-state index contributed by atoms with van der Waals surface area (Å²) in [5.41, 5.74) is 2.17. The highest BCUT2D eigenvalue weighted by molar-refractivity contribution is 5.42. The first-order chi connectivity index (χ1) is 7.84. The van der Waals surface area contributed by atoms with Crippen LogP contribution in [0.1, 0.15) is 17.9 Å². The minimum Gasteiger partial charge on any atom is -0.385 e. The summed E-state index contributed by atoms with van der Waals surface area (Å²) in [7, 11) is 0. The third-order valence-electron chi connectivity index (χ3n) is 2.37. The zero-order valence-electron chi connectivity index (χ0n) is 9.40. The van der Waals surface area contributed by atoms with Crippen molar-refractivity contribution in [1.29, 1.82) is 0 Å². The Balaban J connectivity index is 1.72. The van der Waals surface area contributed by atoms with Crippen molar-refractivity contribution in [2.45, 2.75) is 19.8 Å². The van der Waals surface area contributed by atoms with Crippen molar-refractivity contribution in [2.24, 2.45) is 0 Å². The fraction of sp³-hybridized carbons (Fsp3) is 0.333. The Kier molecular flexibility index (Phi) is 3.53. The predicted octanol–water partition coefficient (Wildman–Crippen LogP) is 2.16. The van der Waals surface area contributed by atoms with Gasteiger partial charge in [-0.05, 0) is 25.5 Å². The second-order valence-corrected chi connectivity index (χ2v) is 3.75. The molecular formula is C12H16N4. The molecule has 84 valence electrons. The van der Waals surface area contributed by atoms with Gasteiger partial charge >= 0.3 is 0 Å². The topological polar surface area (TPSA) is 53.6 Å². The van der Waals surface area contributed by atoms with Crippen LogP contribution >= 0.6 is 0 Å². The normalized spacial score (nSPS) is 10.3. The second kappa shape index (κ2) is 5.30. The summed E-state index contributed by atoms with van der Waals surface area (Å²) < 4.78 is 0. The van der Waals surface area contributed by atoms with Crippen LogP contribution in [0.15, 0.2) is 30.7 Å². The van der Waals surface area contributed by atoms with Crippen molar-refractivity contribution >= 4 is 5.69 Å². The van der Waals surface area contributed by atoms with Crippen LogP contribution in [-0.4, -0.2) is 21.5 Å². The molecule has 16 heavy (non-hydrogen) atoms. The highest BCUT2D eigenvalue weighted by atomic mass is 14.9. The van der Waals surface area contributed by atoms with Gasteiger partial charge in [0.1, 0.15) is 5.82 Å². The van der Waals surface area contributed by atoms with E-state index in [1.807, 2.05) is 31.5 Å². The van der Waals surface area contributed by atoms with Crippen LogP contribution in [0.2, 0.25) is 0 Å². The molecule has 0 aliphatic carbocycles. The number of anilines is 1. The molecule has 2 N–H and O–H groups in total. The van der Waals surface area contributed by atoms with Crippen LogP contribution in [0.5, 0.6) is 0 Å². The summed E-state index contributed by atoms with van der Waals surface area (Å²) in [6.07, 6.45) is 7.51. The largest absolute Gasteiger partial charge is 0.385 e. The Morgan fingerprint density at radius 2 is 2.25 bits per heavy atom. The molecule has 0 aromatic carbocycles. The lowest BCUT2D eigenvalue weighted by Gasteiger charge is -2.05. The molecule has 2 rings (SSSR count). The van der Waals surface area contributed by atoms with E-state index in [1.165, 1.54) is 0 Å². The lowest BCUT2D eigenvalue weighted by atomic mass is 10.3. The van der Waals surface area contributed by atoms with Crippen molar-refractivity contribution in [3.05, 3.63) is 42.2 Å². The molecule has 0 aliphatic heterocycles.